The second kappa shape index (κ2) is 5.25. The Balaban J connectivity index is 4.35. The van der Waals surface area contributed by atoms with Crippen LogP contribution in [-0.4, -0.2) is 15.0 Å². The maximum absolute atomic E-state index is 10.8. The van der Waals surface area contributed by atoms with Crippen LogP contribution in [0.25, 0.3) is 0 Å². The molecular weight excluding hydrogens is 266 g/mol. The Hall–Kier alpha value is 0.830. The van der Waals surface area contributed by atoms with Gasteiger partial charge in [-0.25, -0.2) is 0 Å². The Kier molecular flexibility index (Phi) is 5.56. The summed E-state index contributed by atoms with van der Waals surface area (Å²) in [6.07, 6.45) is 0.626. The van der Waals surface area contributed by atoms with Gasteiger partial charge in [-0.2, -0.15) is 0 Å². The highest BCUT2D eigenvalue weighted by molar-refractivity contribution is 6.63. The molecule has 0 aromatic rings. The topological polar surface area (TPSA) is 17.1 Å². The normalized spacial score (nSPS) is 15.4. The highest BCUT2D eigenvalue weighted by Gasteiger charge is 2.34. The standard InChI is InChI=1S/C9H14Cl4O/c1-8(2,5-7(11)14)6(10)4-9(3,12)13/h6H,4-5H2,1-3H3. The van der Waals surface area contributed by atoms with Crippen LogP contribution in [0.2, 0.25) is 0 Å². The Morgan fingerprint density at radius 2 is 1.71 bits per heavy atom. The van der Waals surface area contributed by atoms with Crippen LogP contribution < -0.4 is 0 Å². The molecule has 0 aromatic carbocycles. The summed E-state index contributed by atoms with van der Waals surface area (Å²) in [5.74, 6) is 0. The summed E-state index contributed by atoms with van der Waals surface area (Å²) in [4.78, 5) is 10.8. The van der Waals surface area contributed by atoms with E-state index >= 15 is 0 Å². The molecule has 0 aliphatic heterocycles. The minimum absolute atomic E-state index is 0.215. The lowest BCUT2D eigenvalue weighted by atomic mass is 9.84. The summed E-state index contributed by atoms with van der Waals surface area (Å²) in [5.41, 5.74) is -0.397. The molecule has 1 atom stereocenters. The molecule has 1 nitrogen and oxygen atoms in total. The second-order valence-electron chi connectivity index (χ2n) is 4.26. The molecule has 0 rings (SSSR count). The van der Waals surface area contributed by atoms with Gasteiger partial charge in [0.1, 0.15) is 4.33 Å². The fourth-order valence-electron chi connectivity index (χ4n) is 1.06. The molecule has 0 spiro atoms. The number of carbonyl (C=O) groups is 1. The summed E-state index contributed by atoms with van der Waals surface area (Å²) in [6, 6.07) is 0. The molecule has 0 fully saturated rings. The van der Waals surface area contributed by atoms with E-state index in [-0.39, 0.29) is 11.8 Å². The third-order valence-electron chi connectivity index (χ3n) is 1.98. The smallest absolute Gasteiger partial charge is 0.222 e. The molecule has 14 heavy (non-hydrogen) atoms. The van der Waals surface area contributed by atoms with Crippen LogP contribution in [0.1, 0.15) is 33.6 Å². The van der Waals surface area contributed by atoms with Gasteiger partial charge < -0.3 is 0 Å². The molecule has 84 valence electrons. The predicted octanol–water partition coefficient (Wildman–Crippen LogP) is 4.36. The van der Waals surface area contributed by atoms with Crippen molar-refractivity contribution in [2.75, 3.05) is 0 Å². The van der Waals surface area contributed by atoms with Crippen molar-refractivity contribution in [2.24, 2.45) is 5.41 Å². The van der Waals surface area contributed by atoms with Gasteiger partial charge in [-0.1, -0.05) is 13.8 Å². The fraction of sp³-hybridized carbons (Fsp3) is 0.889. The molecule has 0 aromatic heterocycles. The quantitative estimate of drug-likeness (QED) is 0.540. The zero-order valence-electron chi connectivity index (χ0n) is 8.41. The van der Waals surface area contributed by atoms with E-state index in [0.29, 0.717) is 6.42 Å². The van der Waals surface area contributed by atoms with E-state index in [1.807, 2.05) is 13.8 Å². The lowest BCUT2D eigenvalue weighted by molar-refractivity contribution is -0.113. The molecule has 0 amide bonds. The van der Waals surface area contributed by atoms with Gasteiger partial charge in [-0.05, 0) is 30.4 Å². The third kappa shape index (κ3) is 6.34. The summed E-state index contributed by atoms with van der Waals surface area (Å²) < 4.78 is -0.876. The van der Waals surface area contributed by atoms with Crippen LogP contribution in [0.15, 0.2) is 0 Å². The molecular formula is C9H14Cl4O. The number of alkyl halides is 3. The average molecular weight is 280 g/mol. The maximum atomic E-state index is 10.8. The summed E-state index contributed by atoms with van der Waals surface area (Å²) in [5, 5.41) is -0.684. The molecule has 0 radical (unpaired) electrons. The van der Waals surface area contributed by atoms with Crippen molar-refractivity contribution in [3.8, 4) is 0 Å². The first-order valence-corrected chi connectivity index (χ1v) is 5.82. The molecule has 0 saturated carbocycles. The van der Waals surface area contributed by atoms with E-state index in [0.717, 1.165) is 0 Å². The van der Waals surface area contributed by atoms with Gasteiger partial charge in [0.15, 0.2) is 0 Å². The lowest BCUT2D eigenvalue weighted by Gasteiger charge is -2.31. The van der Waals surface area contributed by atoms with Crippen LogP contribution >= 0.6 is 46.4 Å². The van der Waals surface area contributed by atoms with Crippen LogP contribution in [-0.2, 0) is 4.79 Å². The van der Waals surface area contributed by atoms with Gasteiger partial charge >= 0.3 is 0 Å². The first kappa shape index (κ1) is 14.8. The Morgan fingerprint density at radius 1 is 1.29 bits per heavy atom. The summed E-state index contributed by atoms with van der Waals surface area (Å²) in [7, 11) is 0. The van der Waals surface area contributed by atoms with Crippen LogP contribution in [0, 0.1) is 5.41 Å². The largest absolute Gasteiger partial charge is 0.281 e. The van der Waals surface area contributed by atoms with E-state index in [2.05, 4.69) is 0 Å². The van der Waals surface area contributed by atoms with Crippen molar-refractivity contribution in [3.63, 3.8) is 0 Å². The number of rotatable bonds is 5. The van der Waals surface area contributed by atoms with Crippen molar-refractivity contribution in [1.29, 1.82) is 0 Å². The number of carbonyl (C=O) groups excluding carboxylic acids is 1. The number of hydrogen-bond acceptors (Lipinski definition) is 1. The molecule has 0 bridgehead atoms. The van der Waals surface area contributed by atoms with Crippen molar-refractivity contribution < 1.29 is 4.79 Å². The zero-order valence-corrected chi connectivity index (χ0v) is 11.4. The van der Waals surface area contributed by atoms with Crippen molar-refractivity contribution in [1.82, 2.24) is 0 Å². The Bertz CT molecular complexity index is 207. The SMILES string of the molecule is CC(Cl)(Cl)CC(Cl)C(C)(C)CC(=O)Cl. The summed E-state index contributed by atoms with van der Waals surface area (Å²) >= 11 is 23.1. The molecule has 0 heterocycles. The first-order valence-electron chi connectivity index (χ1n) is 4.25. The van der Waals surface area contributed by atoms with Gasteiger partial charge in [-0.3, -0.25) is 4.79 Å². The van der Waals surface area contributed by atoms with Crippen LogP contribution in [0.4, 0.5) is 0 Å². The van der Waals surface area contributed by atoms with Crippen LogP contribution in [0.5, 0.6) is 0 Å². The first-order chi connectivity index (χ1) is 6.04. The average Bonchev–Trinajstić information content (AvgIpc) is 1.79. The van der Waals surface area contributed by atoms with E-state index in [1.54, 1.807) is 6.92 Å². The number of hydrogen-bond donors (Lipinski definition) is 0. The Morgan fingerprint density at radius 3 is 2.00 bits per heavy atom. The zero-order chi connectivity index (χ0) is 11.6. The Labute approximate surface area is 105 Å². The van der Waals surface area contributed by atoms with E-state index < -0.39 is 15.0 Å². The molecule has 0 aliphatic rings. The third-order valence-corrected chi connectivity index (χ3v) is 3.17. The number of halogens is 4. The van der Waals surface area contributed by atoms with Crippen molar-refractivity contribution in [3.05, 3.63) is 0 Å². The van der Waals surface area contributed by atoms with E-state index in [9.17, 15) is 4.79 Å². The van der Waals surface area contributed by atoms with Gasteiger partial charge in [0.2, 0.25) is 5.24 Å². The predicted molar refractivity (Wildman–Crippen MR) is 63.6 cm³/mol. The van der Waals surface area contributed by atoms with Crippen molar-refractivity contribution in [2.45, 2.75) is 43.3 Å². The highest BCUT2D eigenvalue weighted by atomic mass is 35.5. The van der Waals surface area contributed by atoms with Crippen LogP contribution in [0.3, 0.4) is 0 Å². The van der Waals surface area contributed by atoms with Gasteiger partial charge in [0.25, 0.3) is 0 Å². The van der Waals surface area contributed by atoms with Crippen molar-refractivity contribution >= 4 is 51.6 Å². The van der Waals surface area contributed by atoms with Gasteiger partial charge in [0, 0.05) is 11.8 Å². The van der Waals surface area contributed by atoms with E-state index in [4.69, 9.17) is 46.4 Å². The van der Waals surface area contributed by atoms with Gasteiger partial charge in [0.05, 0.1) is 0 Å². The highest BCUT2D eigenvalue weighted by Crippen LogP contribution is 2.38. The lowest BCUT2D eigenvalue weighted by Crippen LogP contribution is -2.30. The molecule has 5 heteroatoms. The fourth-order valence-corrected chi connectivity index (χ4v) is 2.26. The minimum atomic E-state index is -0.876. The monoisotopic (exact) mass is 278 g/mol. The second-order valence-corrected chi connectivity index (χ2v) is 7.07. The molecule has 1 unspecified atom stereocenters. The maximum Gasteiger partial charge on any atom is 0.222 e. The minimum Gasteiger partial charge on any atom is -0.281 e. The molecule has 0 N–H and O–H groups in total. The summed E-state index contributed by atoms with van der Waals surface area (Å²) in [6.45, 7) is 5.40. The van der Waals surface area contributed by atoms with Gasteiger partial charge in [-0.15, -0.1) is 34.8 Å². The van der Waals surface area contributed by atoms with E-state index in [1.165, 1.54) is 0 Å². The molecule has 0 aliphatic carbocycles. The molecule has 0 saturated heterocycles.